The van der Waals surface area contributed by atoms with Crippen LogP contribution in [-0.4, -0.2) is 38.1 Å². The van der Waals surface area contributed by atoms with Crippen LogP contribution in [0, 0.1) is 0 Å². The van der Waals surface area contributed by atoms with Gasteiger partial charge in [0.05, 0.1) is 6.54 Å². The van der Waals surface area contributed by atoms with Gasteiger partial charge in [-0.05, 0) is 19.4 Å². The predicted molar refractivity (Wildman–Crippen MR) is 46.1 cm³/mol. The van der Waals surface area contributed by atoms with E-state index in [9.17, 15) is 9.59 Å². The summed E-state index contributed by atoms with van der Waals surface area (Å²) in [6.07, 6.45) is 2.45. The second kappa shape index (κ2) is 5.53. The Hall–Kier alpha value is -1.10. The zero-order valence-electron chi connectivity index (χ0n) is 7.41. The van der Waals surface area contributed by atoms with Gasteiger partial charge in [0.2, 0.25) is 6.41 Å². The van der Waals surface area contributed by atoms with E-state index in [0.29, 0.717) is 13.0 Å². The molecular formula is C8H14N2O3. The lowest BCUT2D eigenvalue weighted by molar-refractivity contribution is -0.145. The molecule has 1 unspecified atom stereocenters. The van der Waals surface area contributed by atoms with E-state index in [2.05, 4.69) is 10.6 Å². The molecule has 5 heteroatoms. The van der Waals surface area contributed by atoms with E-state index < -0.39 is 0 Å². The van der Waals surface area contributed by atoms with Gasteiger partial charge in [0.25, 0.3) is 0 Å². The molecule has 1 rings (SSSR count). The molecule has 0 radical (unpaired) electrons. The first kappa shape index (κ1) is 9.98. The van der Waals surface area contributed by atoms with E-state index in [1.54, 1.807) is 0 Å². The first-order valence-corrected chi connectivity index (χ1v) is 4.41. The van der Waals surface area contributed by atoms with Crippen LogP contribution in [-0.2, 0) is 14.3 Å². The topological polar surface area (TPSA) is 67.4 Å². The molecule has 0 spiro atoms. The summed E-state index contributed by atoms with van der Waals surface area (Å²) in [4.78, 5) is 21.0. The summed E-state index contributed by atoms with van der Waals surface area (Å²) in [5.74, 6) is -0.217. The third-order valence-corrected chi connectivity index (χ3v) is 1.92. The molecule has 1 fully saturated rings. The number of carbonyl (C=O) groups is 2. The Morgan fingerprint density at radius 3 is 3.15 bits per heavy atom. The van der Waals surface area contributed by atoms with E-state index in [0.717, 1.165) is 19.4 Å². The fourth-order valence-electron chi connectivity index (χ4n) is 1.26. The fraction of sp³-hybridized carbons (Fsp3) is 0.750. The van der Waals surface area contributed by atoms with Gasteiger partial charge in [-0.25, -0.2) is 0 Å². The zero-order chi connectivity index (χ0) is 9.52. The molecular weight excluding hydrogens is 172 g/mol. The van der Waals surface area contributed by atoms with Gasteiger partial charge in [-0.2, -0.15) is 0 Å². The number of rotatable bonds is 5. The van der Waals surface area contributed by atoms with E-state index in [1.807, 2.05) is 0 Å². The Kier molecular flexibility index (Phi) is 4.25. The van der Waals surface area contributed by atoms with Gasteiger partial charge in [0, 0.05) is 0 Å². The Morgan fingerprint density at radius 2 is 2.54 bits per heavy atom. The molecule has 74 valence electrons. The summed E-state index contributed by atoms with van der Waals surface area (Å²) in [5, 5.41) is 5.45. The molecule has 0 aromatic carbocycles. The van der Waals surface area contributed by atoms with Crippen LogP contribution in [0.5, 0.6) is 0 Å². The lowest BCUT2D eigenvalue weighted by Gasteiger charge is -2.09. The molecule has 0 bridgehead atoms. The molecule has 1 saturated heterocycles. The lowest BCUT2D eigenvalue weighted by Crippen LogP contribution is -2.33. The second-order valence-electron chi connectivity index (χ2n) is 2.89. The highest BCUT2D eigenvalue weighted by Crippen LogP contribution is 2.05. The Balaban J connectivity index is 2.06. The van der Waals surface area contributed by atoms with E-state index >= 15 is 0 Å². The van der Waals surface area contributed by atoms with Gasteiger partial charge >= 0.3 is 5.97 Å². The van der Waals surface area contributed by atoms with Crippen molar-refractivity contribution in [1.82, 2.24) is 10.6 Å². The summed E-state index contributed by atoms with van der Waals surface area (Å²) >= 11 is 0. The van der Waals surface area contributed by atoms with Crippen LogP contribution in [0.3, 0.4) is 0 Å². The number of hydrogen-bond acceptors (Lipinski definition) is 4. The smallest absolute Gasteiger partial charge is 0.323 e. The molecule has 1 amide bonds. The lowest BCUT2D eigenvalue weighted by atomic mass is 10.2. The number of hydrogen-bond donors (Lipinski definition) is 2. The van der Waals surface area contributed by atoms with Crippen molar-refractivity contribution in [2.24, 2.45) is 0 Å². The third-order valence-electron chi connectivity index (χ3n) is 1.92. The summed E-state index contributed by atoms with van der Waals surface area (Å²) < 4.78 is 4.91. The summed E-state index contributed by atoms with van der Waals surface area (Å²) in [7, 11) is 0. The quantitative estimate of drug-likeness (QED) is 0.329. The fourth-order valence-corrected chi connectivity index (χ4v) is 1.26. The molecule has 1 atom stereocenters. The minimum Gasteiger partial charge on any atom is -0.463 e. The van der Waals surface area contributed by atoms with Gasteiger partial charge in [-0.3, -0.25) is 9.59 Å². The van der Waals surface area contributed by atoms with Gasteiger partial charge in [-0.15, -0.1) is 0 Å². The minimum absolute atomic E-state index is 0.142. The Bertz CT molecular complexity index is 178. The Labute approximate surface area is 76.8 Å². The molecule has 13 heavy (non-hydrogen) atoms. The summed E-state index contributed by atoms with van der Waals surface area (Å²) in [5.41, 5.74) is 0. The number of ether oxygens (including phenoxy) is 1. The van der Waals surface area contributed by atoms with Crippen molar-refractivity contribution < 1.29 is 14.3 Å². The van der Waals surface area contributed by atoms with Gasteiger partial charge < -0.3 is 15.4 Å². The monoisotopic (exact) mass is 186 g/mol. The molecule has 1 aliphatic heterocycles. The van der Waals surface area contributed by atoms with Crippen LogP contribution in [0.1, 0.15) is 12.8 Å². The standard InChI is InChI=1S/C8H14N2O3/c11-6-9-4-5-13-8(12)7-2-1-3-10-7/h6-7,10H,1-5H2,(H,9,11). The SMILES string of the molecule is O=CNCCOC(=O)C1CCCN1. The average molecular weight is 186 g/mol. The third kappa shape index (κ3) is 3.42. The number of amides is 1. The largest absolute Gasteiger partial charge is 0.463 e. The van der Waals surface area contributed by atoms with Crippen LogP contribution < -0.4 is 10.6 Å². The molecule has 0 saturated carbocycles. The highest BCUT2D eigenvalue weighted by Gasteiger charge is 2.22. The van der Waals surface area contributed by atoms with E-state index in [-0.39, 0.29) is 18.6 Å². The molecule has 0 aromatic rings. The van der Waals surface area contributed by atoms with Crippen molar-refractivity contribution in [3.8, 4) is 0 Å². The average Bonchev–Trinajstić information content (AvgIpc) is 2.65. The van der Waals surface area contributed by atoms with Gasteiger partial charge in [0.15, 0.2) is 0 Å². The van der Waals surface area contributed by atoms with Gasteiger partial charge in [-0.1, -0.05) is 0 Å². The van der Waals surface area contributed by atoms with Crippen LogP contribution in [0.15, 0.2) is 0 Å². The maximum Gasteiger partial charge on any atom is 0.323 e. The van der Waals surface area contributed by atoms with Crippen molar-refractivity contribution >= 4 is 12.4 Å². The highest BCUT2D eigenvalue weighted by molar-refractivity contribution is 5.76. The van der Waals surface area contributed by atoms with Crippen molar-refractivity contribution in [3.05, 3.63) is 0 Å². The number of nitrogens with one attached hydrogen (secondary N) is 2. The van der Waals surface area contributed by atoms with Crippen LogP contribution >= 0.6 is 0 Å². The van der Waals surface area contributed by atoms with E-state index in [1.165, 1.54) is 0 Å². The maximum absolute atomic E-state index is 11.2. The molecule has 2 N–H and O–H groups in total. The first-order valence-electron chi connectivity index (χ1n) is 4.41. The summed E-state index contributed by atoms with van der Waals surface area (Å²) in [6.45, 7) is 1.50. The molecule has 0 aliphatic carbocycles. The summed E-state index contributed by atoms with van der Waals surface area (Å²) in [6, 6.07) is -0.142. The first-order chi connectivity index (χ1) is 6.34. The van der Waals surface area contributed by atoms with E-state index in [4.69, 9.17) is 4.74 Å². The maximum atomic E-state index is 11.2. The highest BCUT2D eigenvalue weighted by atomic mass is 16.5. The second-order valence-corrected chi connectivity index (χ2v) is 2.89. The van der Waals surface area contributed by atoms with Crippen molar-refractivity contribution in [2.45, 2.75) is 18.9 Å². The van der Waals surface area contributed by atoms with Crippen LogP contribution in [0.2, 0.25) is 0 Å². The normalized spacial score (nSPS) is 21.1. The molecule has 0 aromatic heterocycles. The zero-order valence-corrected chi connectivity index (χ0v) is 7.41. The minimum atomic E-state index is -0.217. The predicted octanol–water partition coefficient (Wildman–Crippen LogP) is -0.972. The van der Waals surface area contributed by atoms with Crippen molar-refractivity contribution in [3.63, 3.8) is 0 Å². The van der Waals surface area contributed by atoms with Crippen LogP contribution in [0.4, 0.5) is 0 Å². The molecule has 5 nitrogen and oxygen atoms in total. The number of carbonyl (C=O) groups excluding carboxylic acids is 2. The van der Waals surface area contributed by atoms with Crippen LogP contribution in [0.25, 0.3) is 0 Å². The molecule has 1 aliphatic rings. The Morgan fingerprint density at radius 1 is 1.69 bits per heavy atom. The van der Waals surface area contributed by atoms with Crippen molar-refractivity contribution in [1.29, 1.82) is 0 Å². The molecule has 1 heterocycles. The van der Waals surface area contributed by atoms with Crippen molar-refractivity contribution in [2.75, 3.05) is 19.7 Å². The van der Waals surface area contributed by atoms with Gasteiger partial charge in [0.1, 0.15) is 12.6 Å². The number of esters is 1.